The average molecular weight is 449 g/mol. The fourth-order valence-electron chi connectivity index (χ4n) is 3.04. The molecule has 166 valence electrons. The van der Waals surface area contributed by atoms with Crippen LogP contribution in [0.25, 0.3) is 0 Å². The second kappa shape index (κ2) is 9.90. The molecule has 3 rings (SSSR count). The number of esters is 1. The molecule has 1 aliphatic rings. The first kappa shape index (κ1) is 22.7. The van der Waals surface area contributed by atoms with Crippen molar-refractivity contribution in [3.8, 4) is 11.5 Å². The number of hydrogen-bond donors (Lipinski definition) is 0. The first-order chi connectivity index (χ1) is 14.9. The molecule has 0 atom stereocenters. The molecular formula is C21H23NO8S. The summed E-state index contributed by atoms with van der Waals surface area (Å²) in [5.41, 5.74) is 0.234. The van der Waals surface area contributed by atoms with Crippen LogP contribution in [-0.4, -0.2) is 71.6 Å². The predicted octanol–water partition coefficient (Wildman–Crippen LogP) is 1.76. The van der Waals surface area contributed by atoms with Crippen LogP contribution in [0.4, 0.5) is 0 Å². The molecule has 10 heteroatoms. The molecule has 9 nitrogen and oxygen atoms in total. The van der Waals surface area contributed by atoms with E-state index < -0.39 is 28.4 Å². The van der Waals surface area contributed by atoms with Crippen LogP contribution < -0.4 is 9.47 Å². The van der Waals surface area contributed by atoms with Crippen LogP contribution in [-0.2, 0) is 19.5 Å². The maximum atomic E-state index is 12.8. The number of ether oxygens (including phenoxy) is 4. The van der Waals surface area contributed by atoms with Crippen molar-refractivity contribution in [1.82, 2.24) is 4.31 Å². The van der Waals surface area contributed by atoms with Crippen LogP contribution in [0.2, 0.25) is 0 Å². The molecule has 0 radical (unpaired) electrons. The van der Waals surface area contributed by atoms with Crippen molar-refractivity contribution in [3.05, 3.63) is 53.6 Å². The summed E-state index contributed by atoms with van der Waals surface area (Å²) in [6.07, 6.45) is 0. The number of sulfonamides is 1. The van der Waals surface area contributed by atoms with E-state index in [1.165, 1.54) is 48.9 Å². The molecule has 0 amide bonds. The lowest BCUT2D eigenvalue weighted by molar-refractivity contribution is 0.0473. The first-order valence-corrected chi connectivity index (χ1v) is 10.9. The molecule has 2 aromatic carbocycles. The van der Waals surface area contributed by atoms with Gasteiger partial charge in [-0.05, 0) is 36.4 Å². The Morgan fingerprint density at radius 1 is 1.03 bits per heavy atom. The molecule has 0 bridgehead atoms. The van der Waals surface area contributed by atoms with Gasteiger partial charge in [0.15, 0.2) is 6.61 Å². The number of morpholine rings is 1. The van der Waals surface area contributed by atoms with Crippen molar-refractivity contribution >= 4 is 21.8 Å². The van der Waals surface area contributed by atoms with Crippen LogP contribution in [0.1, 0.15) is 20.7 Å². The number of carbonyl (C=O) groups is 2. The Labute approximate surface area is 180 Å². The molecule has 0 unspecified atom stereocenters. The van der Waals surface area contributed by atoms with Gasteiger partial charge in [-0.15, -0.1) is 0 Å². The molecule has 1 saturated heterocycles. The van der Waals surface area contributed by atoms with Gasteiger partial charge >= 0.3 is 5.97 Å². The first-order valence-electron chi connectivity index (χ1n) is 9.47. The fourth-order valence-corrected chi connectivity index (χ4v) is 4.50. The lowest BCUT2D eigenvalue weighted by Crippen LogP contribution is -2.40. The van der Waals surface area contributed by atoms with E-state index in [0.29, 0.717) is 24.7 Å². The SMILES string of the molecule is COc1ccc(OC)c(C(=O)COC(=O)c2cccc(S(=O)(=O)N3CCOCC3)c2)c1. The van der Waals surface area contributed by atoms with E-state index >= 15 is 0 Å². The number of hydrogen-bond acceptors (Lipinski definition) is 8. The topological polar surface area (TPSA) is 108 Å². The normalized spacial score (nSPS) is 14.6. The highest BCUT2D eigenvalue weighted by Crippen LogP contribution is 2.25. The molecule has 0 saturated carbocycles. The van der Waals surface area contributed by atoms with E-state index in [4.69, 9.17) is 18.9 Å². The van der Waals surface area contributed by atoms with Gasteiger partial charge in [0, 0.05) is 13.1 Å². The predicted molar refractivity (Wildman–Crippen MR) is 110 cm³/mol. The Morgan fingerprint density at radius 3 is 2.45 bits per heavy atom. The lowest BCUT2D eigenvalue weighted by atomic mass is 10.1. The van der Waals surface area contributed by atoms with Gasteiger partial charge in [-0.1, -0.05) is 6.07 Å². The minimum atomic E-state index is -3.76. The third-order valence-corrected chi connectivity index (χ3v) is 6.61. The molecule has 1 aliphatic heterocycles. The Hall–Kier alpha value is -2.95. The van der Waals surface area contributed by atoms with Crippen LogP contribution >= 0.6 is 0 Å². The zero-order chi connectivity index (χ0) is 22.4. The summed E-state index contributed by atoms with van der Waals surface area (Å²) < 4.78 is 47.5. The van der Waals surface area contributed by atoms with Crippen molar-refractivity contribution in [1.29, 1.82) is 0 Å². The van der Waals surface area contributed by atoms with Crippen LogP contribution in [0, 0.1) is 0 Å². The maximum absolute atomic E-state index is 12.8. The van der Waals surface area contributed by atoms with Gasteiger partial charge in [-0.2, -0.15) is 4.31 Å². The Morgan fingerprint density at radius 2 is 1.77 bits per heavy atom. The van der Waals surface area contributed by atoms with Gasteiger partial charge in [0.2, 0.25) is 15.8 Å². The van der Waals surface area contributed by atoms with E-state index in [0.717, 1.165) is 0 Å². The Bertz CT molecular complexity index is 1060. The summed E-state index contributed by atoms with van der Waals surface area (Å²) in [5, 5.41) is 0. The molecule has 0 spiro atoms. The van der Waals surface area contributed by atoms with Gasteiger partial charge in [0.1, 0.15) is 11.5 Å². The summed E-state index contributed by atoms with van der Waals surface area (Å²) in [6.45, 7) is 0.582. The number of ketones is 1. The monoisotopic (exact) mass is 449 g/mol. The van der Waals surface area contributed by atoms with Gasteiger partial charge in [-0.25, -0.2) is 13.2 Å². The molecule has 0 N–H and O–H groups in total. The zero-order valence-corrected chi connectivity index (χ0v) is 18.0. The van der Waals surface area contributed by atoms with E-state index in [2.05, 4.69) is 0 Å². The van der Waals surface area contributed by atoms with Gasteiger partial charge in [0.25, 0.3) is 0 Å². The number of rotatable bonds is 8. The largest absolute Gasteiger partial charge is 0.497 e. The van der Waals surface area contributed by atoms with Crippen LogP contribution in [0.3, 0.4) is 0 Å². The maximum Gasteiger partial charge on any atom is 0.338 e. The third-order valence-electron chi connectivity index (χ3n) is 4.72. The van der Waals surface area contributed by atoms with Crippen molar-refractivity contribution in [3.63, 3.8) is 0 Å². The van der Waals surface area contributed by atoms with Crippen LogP contribution in [0.5, 0.6) is 11.5 Å². The summed E-state index contributed by atoms with van der Waals surface area (Å²) in [7, 11) is -0.873. The molecule has 31 heavy (non-hydrogen) atoms. The summed E-state index contributed by atoms with van der Waals surface area (Å²) in [4.78, 5) is 25.0. The fraction of sp³-hybridized carbons (Fsp3) is 0.333. The summed E-state index contributed by atoms with van der Waals surface area (Å²) in [5.74, 6) is -0.521. The highest BCUT2D eigenvalue weighted by Gasteiger charge is 2.27. The van der Waals surface area contributed by atoms with Crippen molar-refractivity contribution < 1.29 is 37.0 Å². The highest BCUT2D eigenvalue weighted by molar-refractivity contribution is 7.89. The lowest BCUT2D eigenvalue weighted by Gasteiger charge is -2.26. The molecule has 0 aliphatic carbocycles. The zero-order valence-electron chi connectivity index (χ0n) is 17.2. The average Bonchev–Trinajstić information content (AvgIpc) is 2.82. The second-order valence-electron chi connectivity index (χ2n) is 6.61. The smallest absolute Gasteiger partial charge is 0.338 e. The molecule has 2 aromatic rings. The standard InChI is InChI=1S/C21H23NO8S/c1-27-16-6-7-20(28-2)18(13-16)19(23)14-30-21(24)15-4-3-5-17(12-15)31(25,26)22-8-10-29-11-9-22/h3-7,12-13H,8-11,14H2,1-2H3. The minimum Gasteiger partial charge on any atom is -0.497 e. The van der Waals surface area contributed by atoms with Crippen molar-refractivity contribution in [2.45, 2.75) is 4.90 Å². The number of carbonyl (C=O) groups excluding carboxylic acids is 2. The minimum absolute atomic E-state index is 0.0235. The third kappa shape index (κ3) is 5.22. The molecule has 0 aromatic heterocycles. The van der Waals surface area contributed by atoms with Gasteiger partial charge in [0.05, 0.1) is 43.5 Å². The van der Waals surface area contributed by atoms with Crippen LogP contribution in [0.15, 0.2) is 47.4 Å². The number of benzene rings is 2. The quantitative estimate of drug-likeness (QED) is 0.443. The van der Waals surface area contributed by atoms with E-state index in [-0.39, 0.29) is 29.1 Å². The van der Waals surface area contributed by atoms with Gasteiger partial charge in [-0.3, -0.25) is 4.79 Å². The van der Waals surface area contributed by atoms with Crippen molar-refractivity contribution in [2.75, 3.05) is 47.1 Å². The Balaban J connectivity index is 1.72. The number of methoxy groups -OCH3 is 2. The van der Waals surface area contributed by atoms with E-state index in [1.807, 2.05) is 0 Å². The number of Topliss-reactive ketones (excluding diaryl/α,β-unsaturated/α-hetero) is 1. The number of nitrogens with zero attached hydrogens (tertiary/aromatic N) is 1. The summed E-state index contributed by atoms with van der Waals surface area (Å²) in [6, 6.07) is 10.2. The summed E-state index contributed by atoms with van der Waals surface area (Å²) >= 11 is 0. The van der Waals surface area contributed by atoms with Crippen molar-refractivity contribution in [2.24, 2.45) is 0 Å². The molecular weight excluding hydrogens is 426 g/mol. The van der Waals surface area contributed by atoms with Gasteiger partial charge < -0.3 is 18.9 Å². The molecule has 1 heterocycles. The van der Waals surface area contributed by atoms with E-state index in [1.54, 1.807) is 12.1 Å². The Kier molecular flexibility index (Phi) is 7.26. The second-order valence-corrected chi connectivity index (χ2v) is 8.55. The molecule has 1 fully saturated rings. The van der Waals surface area contributed by atoms with E-state index in [9.17, 15) is 18.0 Å². The highest BCUT2D eigenvalue weighted by atomic mass is 32.2.